The number of pyridine rings is 1. The first-order valence-corrected chi connectivity index (χ1v) is 6.85. The highest BCUT2D eigenvalue weighted by molar-refractivity contribution is 5.53. The largest absolute Gasteiger partial charge is 0.473 e. The van der Waals surface area contributed by atoms with Gasteiger partial charge in [-0.25, -0.2) is 0 Å². The number of anilines is 2. The third kappa shape index (κ3) is 3.52. The summed E-state index contributed by atoms with van der Waals surface area (Å²) < 4.78 is 16.5. The molecule has 0 aromatic carbocycles. The molecular formula is C14H23N3O3. The summed E-state index contributed by atoms with van der Waals surface area (Å²) in [6.45, 7) is 5.85. The van der Waals surface area contributed by atoms with Gasteiger partial charge in [0.25, 0.3) is 0 Å². The molecule has 1 aromatic rings. The molecule has 1 saturated heterocycles. The Balaban J connectivity index is 2.02. The quantitative estimate of drug-likeness (QED) is 0.826. The van der Waals surface area contributed by atoms with Crippen LogP contribution in [0.1, 0.15) is 20.3 Å². The summed E-state index contributed by atoms with van der Waals surface area (Å²) in [5.41, 5.74) is 6.11. The summed E-state index contributed by atoms with van der Waals surface area (Å²) in [6.07, 6.45) is 0.912. The molecular weight excluding hydrogens is 258 g/mol. The molecule has 0 spiro atoms. The van der Waals surface area contributed by atoms with E-state index in [4.69, 9.17) is 19.9 Å². The van der Waals surface area contributed by atoms with E-state index in [1.165, 1.54) is 0 Å². The molecule has 1 unspecified atom stereocenters. The summed E-state index contributed by atoms with van der Waals surface area (Å²) in [5.74, 6) is 1.18. The first kappa shape index (κ1) is 14.9. The lowest BCUT2D eigenvalue weighted by Crippen LogP contribution is -2.39. The average molecular weight is 281 g/mol. The molecule has 2 rings (SSSR count). The van der Waals surface area contributed by atoms with E-state index in [2.05, 4.69) is 10.3 Å². The van der Waals surface area contributed by atoms with Crippen molar-refractivity contribution in [3.63, 3.8) is 0 Å². The minimum atomic E-state index is -0.276. The van der Waals surface area contributed by atoms with Crippen molar-refractivity contribution in [1.82, 2.24) is 4.98 Å². The van der Waals surface area contributed by atoms with Crippen LogP contribution in [0.4, 0.5) is 11.5 Å². The molecule has 2 heterocycles. The predicted molar refractivity (Wildman–Crippen MR) is 78.1 cm³/mol. The van der Waals surface area contributed by atoms with Crippen LogP contribution in [-0.4, -0.2) is 43.6 Å². The topological polar surface area (TPSA) is 78.6 Å². The van der Waals surface area contributed by atoms with Crippen LogP contribution in [0, 0.1) is 0 Å². The zero-order valence-corrected chi connectivity index (χ0v) is 12.3. The van der Waals surface area contributed by atoms with Crippen molar-refractivity contribution >= 4 is 11.5 Å². The monoisotopic (exact) mass is 281 g/mol. The molecule has 6 nitrogen and oxygen atoms in total. The number of hydrogen-bond acceptors (Lipinski definition) is 6. The molecule has 6 heteroatoms. The third-order valence-electron chi connectivity index (χ3n) is 3.33. The van der Waals surface area contributed by atoms with E-state index >= 15 is 0 Å². The van der Waals surface area contributed by atoms with Gasteiger partial charge < -0.3 is 25.3 Å². The Morgan fingerprint density at radius 2 is 2.30 bits per heavy atom. The molecule has 112 valence electrons. The maximum atomic E-state index is 5.85. The van der Waals surface area contributed by atoms with Crippen molar-refractivity contribution in [2.24, 2.45) is 0 Å². The molecule has 1 aliphatic heterocycles. The Bertz CT molecular complexity index is 445. The minimum absolute atomic E-state index is 0.0357. The van der Waals surface area contributed by atoms with E-state index < -0.39 is 0 Å². The number of ether oxygens (including phenoxy) is 3. The zero-order chi connectivity index (χ0) is 14.6. The number of nitrogens with zero attached hydrogens (tertiary/aromatic N) is 1. The minimum Gasteiger partial charge on any atom is -0.473 e. The fourth-order valence-corrected chi connectivity index (χ4v) is 2.08. The number of nitrogen functional groups attached to an aromatic ring is 1. The van der Waals surface area contributed by atoms with Crippen LogP contribution in [0.5, 0.6) is 5.88 Å². The standard InChI is InChI=1S/C14H23N3O3/c1-10(2)20-13-11(15)4-5-12(17-13)16-8-14(18-3)6-7-19-9-14/h4-5,10H,6-9,15H2,1-3H3,(H,16,17). The van der Waals surface area contributed by atoms with Crippen molar-refractivity contribution in [2.75, 3.05) is 37.9 Å². The van der Waals surface area contributed by atoms with Crippen molar-refractivity contribution < 1.29 is 14.2 Å². The van der Waals surface area contributed by atoms with Crippen LogP contribution >= 0.6 is 0 Å². The molecule has 0 amide bonds. The van der Waals surface area contributed by atoms with E-state index in [-0.39, 0.29) is 11.7 Å². The Hall–Kier alpha value is -1.53. The van der Waals surface area contributed by atoms with Gasteiger partial charge in [0.2, 0.25) is 5.88 Å². The average Bonchev–Trinajstić information content (AvgIpc) is 2.89. The number of hydrogen-bond donors (Lipinski definition) is 2. The van der Waals surface area contributed by atoms with E-state index in [0.29, 0.717) is 24.7 Å². The second kappa shape index (κ2) is 6.28. The molecule has 1 fully saturated rings. The highest BCUT2D eigenvalue weighted by Crippen LogP contribution is 2.25. The summed E-state index contributed by atoms with van der Waals surface area (Å²) in [5, 5.41) is 3.27. The number of nitrogens with two attached hydrogens (primary N) is 1. The molecule has 1 atom stereocenters. The van der Waals surface area contributed by atoms with Gasteiger partial charge in [0, 0.05) is 26.7 Å². The van der Waals surface area contributed by atoms with Gasteiger partial charge in [-0.2, -0.15) is 4.98 Å². The first-order chi connectivity index (χ1) is 9.54. The van der Waals surface area contributed by atoms with Crippen LogP contribution in [0.15, 0.2) is 12.1 Å². The van der Waals surface area contributed by atoms with Crippen LogP contribution in [0.3, 0.4) is 0 Å². The van der Waals surface area contributed by atoms with Gasteiger partial charge in [0.15, 0.2) is 0 Å². The third-order valence-corrected chi connectivity index (χ3v) is 3.33. The summed E-state index contributed by atoms with van der Waals surface area (Å²) in [4.78, 5) is 4.38. The molecule has 0 aliphatic carbocycles. The summed E-state index contributed by atoms with van der Waals surface area (Å²) in [6, 6.07) is 3.62. The smallest absolute Gasteiger partial charge is 0.239 e. The molecule has 0 saturated carbocycles. The maximum Gasteiger partial charge on any atom is 0.239 e. The van der Waals surface area contributed by atoms with Crippen LogP contribution in [0.2, 0.25) is 0 Å². The van der Waals surface area contributed by atoms with Crippen LogP contribution < -0.4 is 15.8 Å². The lowest BCUT2D eigenvalue weighted by atomic mass is 10.0. The van der Waals surface area contributed by atoms with Crippen molar-refractivity contribution in [2.45, 2.75) is 32.0 Å². The summed E-state index contributed by atoms with van der Waals surface area (Å²) in [7, 11) is 1.71. The van der Waals surface area contributed by atoms with Crippen LogP contribution in [0.25, 0.3) is 0 Å². The fourth-order valence-electron chi connectivity index (χ4n) is 2.08. The van der Waals surface area contributed by atoms with Gasteiger partial charge in [-0.15, -0.1) is 0 Å². The molecule has 3 N–H and O–H groups in total. The Morgan fingerprint density at radius 1 is 1.50 bits per heavy atom. The van der Waals surface area contributed by atoms with E-state index in [1.807, 2.05) is 19.9 Å². The van der Waals surface area contributed by atoms with Gasteiger partial charge >= 0.3 is 0 Å². The van der Waals surface area contributed by atoms with Gasteiger partial charge in [-0.3, -0.25) is 0 Å². The second-order valence-corrected chi connectivity index (χ2v) is 5.30. The molecule has 20 heavy (non-hydrogen) atoms. The van der Waals surface area contributed by atoms with Gasteiger partial charge in [0.1, 0.15) is 11.4 Å². The van der Waals surface area contributed by atoms with Gasteiger partial charge in [-0.1, -0.05) is 0 Å². The number of aromatic nitrogens is 1. The van der Waals surface area contributed by atoms with Gasteiger partial charge in [-0.05, 0) is 26.0 Å². The SMILES string of the molecule is COC1(CNc2ccc(N)c(OC(C)C)n2)CCOC1. The summed E-state index contributed by atoms with van der Waals surface area (Å²) >= 11 is 0. The van der Waals surface area contributed by atoms with Crippen molar-refractivity contribution in [3.8, 4) is 5.88 Å². The van der Waals surface area contributed by atoms with E-state index in [0.717, 1.165) is 18.8 Å². The second-order valence-electron chi connectivity index (χ2n) is 5.30. The molecule has 0 radical (unpaired) electrons. The normalized spacial score (nSPS) is 22.2. The lowest BCUT2D eigenvalue weighted by Gasteiger charge is -2.26. The van der Waals surface area contributed by atoms with Crippen LogP contribution in [-0.2, 0) is 9.47 Å². The number of rotatable bonds is 6. The highest BCUT2D eigenvalue weighted by atomic mass is 16.5. The molecule has 0 bridgehead atoms. The Labute approximate surface area is 119 Å². The predicted octanol–water partition coefficient (Wildman–Crippen LogP) is 1.67. The number of nitrogens with one attached hydrogen (secondary N) is 1. The number of methoxy groups -OCH3 is 1. The van der Waals surface area contributed by atoms with Crippen molar-refractivity contribution in [1.29, 1.82) is 0 Å². The fraction of sp³-hybridized carbons (Fsp3) is 0.643. The molecule has 1 aromatic heterocycles. The lowest BCUT2D eigenvalue weighted by molar-refractivity contribution is -0.00626. The Kier molecular flexibility index (Phi) is 4.67. The first-order valence-electron chi connectivity index (χ1n) is 6.85. The van der Waals surface area contributed by atoms with E-state index in [1.54, 1.807) is 13.2 Å². The zero-order valence-electron chi connectivity index (χ0n) is 12.3. The van der Waals surface area contributed by atoms with Crippen molar-refractivity contribution in [3.05, 3.63) is 12.1 Å². The molecule has 1 aliphatic rings. The highest BCUT2D eigenvalue weighted by Gasteiger charge is 2.34. The Morgan fingerprint density at radius 3 is 2.90 bits per heavy atom. The van der Waals surface area contributed by atoms with Gasteiger partial charge in [0.05, 0.1) is 18.4 Å². The van der Waals surface area contributed by atoms with E-state index in [9.17, 15) is 0 Å². The maximum absolute atomic E-state index is 5.85.